The summed E-state index contributed by atoms with van der Waals surface area (Å²) in [5.41, 5.74) is 3.66. The van der Waals surface area contributed by atoms with Gasteiger partial charge in [-0.3, -0.25) is 9.78 Å². The third kappa shape index (κ3) is 4.17. The van der Waals surface area contributed by atoms with Gasteiger partial charge in [-0.15, -0.1) is 11.3 Å². The smallest absolute Gasteiger partial charge is 0.265 e. The number of nitrogens with one attached hydrogen (secondary N) is 2. The van der Waals surface area contributed by atoms with Crippen LogP contribution in [0.2, 0.25) is 0 Å². The van der Waals surface area contributed by atoms with E-state index in [4.69, 9.17) is 0 Å². The molecule has 0 aliphatic carbocycles. The van der Waals surface area contributed by atoms with E-state index in [-0.39, 0.29) is 5.91 Å². The van der Waals surface area contributed by atoms with Crippen LogP contribution in [-0.2, 0) is 0 Å². The van der Waals surface area contributed by atoms with Gasteiger partial charge in [0.15, 0.2) is 0 Å². The number of hydrogen-bond acceptors (Lipinski definition) is 5. The number of nitrogens with zero attached hydrogens (tertiary/aromatic N) is 1. The minimum atomic E-state index is -0.122. The van der Waals surface area contributed by atoms with E-state index in [1.807, 2.05) is 48.0 Å². The molecule has 0 spiro atoms. The lowest BCUT2D eigenvalue weighted by atomic mass is 10.1. The van der Waals surface area contributed by atoms with Crippen molar-refractivity contribution in [2.45, 2.75) is 0 Å². The molecule has 2 heterocycles. The summed E-state index contributed by atoms with van der Waals surface area (Å²) in [5.74, 6) is -0.122. The van der Waals surface area contributed by atoms with Gasteiger partial charge in [-0.25, -0.2) is 0 Å². The first-order valence-electron chi connectivity index (χ1n) is 7.05. The minimum absolute atomic E-state index is 0.122. The van der Waals surface area contributed by atoms with Crippen LogP contribution in [-0.4, -0.2) is 17.1 Å². The third-order valence-electron chi connectivity index (χ3n) is 3.19. The standard InChI is InChI=1S/C17H14BrN3OS2/c1-23-21-15-7-13(18)6-14(8-15)20-17(22)16-5-12(10-24-16)11-3-2-4-19-9-11/h2-10,21H,1H3,(H,20,22). The third-order valence-corrected chi connectivity index (χ3v) is 5.02. The van der Waals surface area contributed by atoms with Gasteiger partial charge in [0.25, 0.3) is 5.91 Å². The van der Waals surface area contributed by atoms with Gasteiger partial charge in [-0.1, -0.05) is 33.9 Å². The highest BCUT2D eigenvalue weighted by Gasteiger charge is 2.11. The van der Waals surface area contributed by atoms with Gasteiger partial charge in [-0.2, -0.15) is 0 Å². The molecule has 3 rings (SSSR count). The minimum Gasteiger partial charge on any atom is -0.330 e. The van der Waals surface area contributed by atoms with E-state index >= 15 is 0 Å². The van der Waals surface area contributed by atoms with Gasteiger partial charge in [0.2, 0.25) is 0 Å². The van der Waals surface area contributed by atoms with Gasteiger partial charge in [-0.05, 0) is 41.3 Å². The Morgan fingerprint density at radius 3 is 2.79 bits per heavy atom. The molecule has 0 fully saturated rings. The van der Waals surface area contributed by atoms with Crippen LogP contribution in [0.15, 0.2) is 58.6 Å². The molecule has 24 heavy (non-hydrogen) atoms. The van der Waals surface area contributed by atoms with Crippen molar-refractivity contribution in [3.63, 3.8) is 0 Å². The average Bonchev–Trinajstić information content (AvgIpc) is 3.05. The molecule has 0 saturated heterocycles. The van der Waals surface area contributed by atoms with E-state index < -0.39 is 0 Å². The normalized spacial score (nSPS) is 10.4. The van der Waals surface area contributed by atoms with E-state index in [1.165, 1.54) is 23.3 Å². The highest BCUT2D eigenvalue weighted by Crippen LogP contribution is 2.27. The first-order chi connectivity index (χ1) is 11.7. The first kappa shape index (κ1) is 17.0. The number of amides is 1. The van der Waals surface area contributed by atoms with E-state index in [1.54, 1.807) is 12.4 Å². The number of pyridine rings is 1. The van der Waals surface area contributed by atoms with Crippen LogP contribution < -0.4 is 10.0 Å². The Hall–Kier alpha value is -1.83. The van der Waals surface area contributed by atoms with Crippen molar-refractivity contribution < 1.29 is 4.79 Å². The summed E-state index contributed by atoms with van der Waals surface area (Å²) in [7, 11) is 0. The van der Waals surface area contributed by atoms with Gasteiger partial charge in [0, 0.05) is 40.1 Å². The van der Waals surface area contributed by atoms with Gasteiger partial charge in [0.05, 0.1) is 4.88 Å². The lowest BCUT2D eigenvalue weighted by Crippen LogP contribution is -2.10. The number of carbonyl (C=O) groups excluding carboxylic acids is 1. The van der Waals surface area contributed by atoms with Crippen molar-refractivity contribution >= 4 is 56.5 Å². The second kappa shape index (κ2) is 7.83. The number of thiophene rings is 1. The number of benzene rings is 1. The second-order valence-corrected chi connectivity index (χ2v) is 7.37. The highest BCUT2D eigenvalue weighted by atomic mass is 79.9. The molecule has 3 aromatic rings. The summed E-state index contributed by atoms with van der Waals surface area (Å²) in [6, 6.07) is 11.5. The number of halogens is 1. The van der Waals surface area contributed by atoms with Crippen LogP contribution >= 0.6 is 39.2 Å². The van der Waals surface area contributed by atoms with E-state index in [0.29, 0.717) is 4.88 Å². The summed E-state index contributed by atoms with van der Waals surface area (Å²) < 4.78 is 4.06. The number of hydrogen-bond donors (Lipinski definition) is 2. The predicted octanol–water partition coefficient (Wildman–Crippen LogP) is 5.51. The molecule has 4 nitrogen and oxygen atoms in total. The Labute approximate surface area is 157 Å². The molecule has 0 bridgehead atoms. The summed E-state index contributed by atoms with van der Waals surface area (Å²) in [6.45, 7) is 0. The van der Waals surface area contributed by atoms with E-state index in [0.717, 1.165) is 27.0 Å². The molecule has 0 unspecified atom stereocenters. The van der Waals surface area contributed by atoms with E-state index in [9.17, 15) is 4.79 Å². The van der Waals surface area contributed by atoms with Crippen LogP contribution in [0.4, 0.5) is 11.4 Å². The number of rotatable bonds is 5. The predicted molar refractivity (Wildman–Crippen MR) is 107 cm³/mol. The Morgan fingerprint density at radius 2 is 2.04 bits per heavy atom. The largest absolute Gasteiger partial charge is 0.330 e. The Kier molecular flexibility index (Phi) is 5.55. The van der Waals surface area contributed by atoms with Crippen LogP contribution in [0.1, 0.15) is 9.67 Å². The van der Waals surface area contributed by atoms with E-state index in [2.05, 4.69) is 31.0 Å². The van der Waals surface area contributed by atoms with Crippen LogP contribution in [0.25, 0.3) is 11.1 Å². The maximum absolute atomic E-state index is 12.5. The van der Waals surface area contributed by atoms with Crippen molar-refractivity contribution in [1.29, 1.82) is 0 Å². The van der Waals surface area contributed by atoms with Crippen molar-refractivity contribution in [3.8, 4) is 11.1 Å². The molecule has 2 aromatic heterocycles. The van der Waals surface area contributed by atoms with Crippen molar-refractivity contribution in [2.24, 2.45) is 0 Å². The quantitative estimate of drug-likeness (QED) is 0.534. The summed E-state index contributed by atoms with van der Waals surface area (Å²) in [6.07, 6.45) is 5.47. The number of carbonyl (C=O) groups is 1. The van der Waals surface area contributed by atoms with Crippen LogP contribution in [0.3, 0.4) is 0 Å². The Balaban J connectivity index is 1.77. The van der Waals surface area contributed by atoms with Crippen molar-refractivity contribution in [3.05, 3.63) is 63.5 Å². The molecule has 1 amide bonds. The maximum atomic E-state index is 12.5. The molecule has 0 radical (unpaired) electrons. The average molecular weight is 420 g/mol. The summed E-state index contributed by atoms with van der Waals surface area (Å²) in [4.78, 5) is 17.3. The first-order valence-corrected chi connectivity index (χ1v) is 9.95. The van der Waals surface area contributed by atoms with Crippen molar-refractivity contribution in [1.82, 2.24) is 4.98 Å². The molecule has 0 aliphatic rings. The highest BCUT2D eigenvalue weighted by molar-refractivity contribution is 9.10. The second-order valence-electron chi connectivity index (χ2n) is 4.93. The molecule has 1 aromatic carbocycles. The topological polar surface area (TPSA) is 54.0 Å². The number of aromatic nitrogens is 1. The van der Waals surface area contributed by atoms with Crippen LogP contribution in [0.5, 0.6) is 0 Å². The number of anilines is 2. The Bertz CT molecular complexity index is 852. The molecular weight excluding hydrogens is 406 g/mol. The SMILES string of the molecule is CSNc1cc(Br)cc(NC(=O)c2cc(-c3cccnc3)cs2)c1. The molecule has 7 heteroatoms. The molecule has 122 valence electrons. The fourth-order valence-corrected chi connectivity index (χ4v) is 3.83. The summed E-state index contributed by atoms with van der Waals surface area (Å²) >= 11 is 6.38. The zero-order valence-corrected chi connectivity index (χ0v) is 16.0. The molecule has 0 aliphatic heterocycles. The lowest BCUT2D eigenvalue weighted by Gasteiger charge is -2.08. The maximum Gasteiger partial charge on any atom is 0.265 e. The zero-order chi connectivity index (χ0) is 16.9. The van der Waals surface area contributed by atoms with Crippen LogP contribution in [0, 0.1) is 0 Å². The molecule has 0 saturated carbocycles. The molecule has 0 atom stereocenters. The fraction of sp³-hybridized carbons (Fsp3) is 0.0588. The summed E-state index contributed by atoms with van der Waals surface area (Å²) in [5, 5.41) is 4.91. The van der Waals surface area contributed by atoms with Gasteiger partial charge >= 0.3 is 0 Å². The zero-order valence-electron chi connectivity index (χ0n) is 12.7. The van der Waals surface area contributed by atoms with Crippen molar-refractivity contribution in [2.75, 3.05) is 16.3 Å². The van der Waals surface area contributed by atoms with Gasteiger partial charge in [0.1, 0.15) is 0 Å². The Morgan fingerprint density at radius 1 is 1.21 bits per heavy atom. The molecular formula is C17H14BrN3OS2. The monoisotopic (exact) mass is 419 g/mol. The molecule has 2 N–H and O–H groups in total. The lowest BCUT2D eigenvalue weighted by molar-refractivity contribution is 0.103. The van der Waals surface area contributed by atoms with Gasteiger partial charge < -0.3 is 10.0 Å². The fourth-order valence-electron chi connectivity index (χ4n) is 2.17.